The predicted molar refractivity (Wildman–Crippen MR) is 74.8 cm³/mol. The molecule has 0 aliphatic rings. The van der Waals surface area contributed by atoms with Crippen LogP contribution in [0.3, 0.4) is 0 Å². The fraction of sp³-hybridized carbons (Fsp3) is 0.625. The molecule has 0 radical (unpaired) electrons. The summed E-state index contributed by atoms with van der Waals surface area (Å²) in [7, 11) is 0. The Kier molecular flexibility index (Phi) is 5.54. The van der Waals surface area contributed by atoms with Gasteiger partial charge in [0.05, 0.1) is 6.61 Å². The van der Waals surface area contributed by atoms with Gasteiger partial charge in [-0.25, -0.2) is 0 Å². The molecule has 0 heterocycles. The second-order valence-electron chi connectivity index (χ2n) is 5.38. The van der Waals surface area contributed by atoms with E-state index in [2.05, 4.69) is 52.8 Å². The fourth-order valence-corrected chi connectivity index (χ4v) is 1.94. The number of hydrogen-bond acceptors (Lipinski definition) is 1. The third-order valence-electron chi connectivity index (χ3n) is 3.18. The van der Waals surface area contributed by atoms with Crippen molar-refractivity contribution in [2.75, 3.05) is 6.61 Å². The molecule has 1 heteroatoms. The summed E-state index contributed by atoms with van der Waals surface area (Å²) in [6.07, 6.45) is 2.47. The Morgan fingerprint density at radius 2 is 1.88 bits per heavy atom. The van der Waals surface area contributed by atoms with Crippen molar-refractivity contribution in [3.63, 3.8) is 0 Å². The lowest BCUT2D eigenvalue weighted by Gasteiger charge is -2.15. The summed E-state index contributed by atoms with van der Waals surface area (Å²) in [6, 6.07) is 6.55. The van der Waals surface area contributed by atoms with Gasteiger partial charge < -0.3 is 4.74 Å². The molecule has 1 nitrogen and oxygen atoms in total. The van der Waals surface area contributed by atoms with Crippen LogP contribution in [-0.2, 0) is 0 Å². The van der Waals surface area contributed by atoms with E-state index in [9.17, 15) is 0 Å². The van der Waals surface area contributed by atoms with Gasteiger partial charge in [0.25, 0.3) is 0 Å². The lowest BCUT2D eigenvalue weighted by molar-refractivity contribution is 0.250. The molecule has 0 aliphatic heterocycles. The molecule has 1 rings (SSSR count). The first kappa shape index (κ1) is 14.1. The number of rotatable bonds is 6. The van der Waals surface area contributed by atoms with Gasteiger partial charge in [0, 0.05) is 0 Å². The van der Waals surface area contributed by atoms with Gasteiger partial charge in [-0.3, -0.25) is 0 Å². The van der Waals surface area contributed by atoms with Gasteiger partial charge in [-0.15, -0.1) is 0 Å². The van der Waals surface area contributed by atoms with E-state index in [0.29, 0.717) is 11.8 Å². The maximum Gasteiger partial charge on any atom is 0.122 e. The van der Waals surface area contributed by atoms with Crippen molar-refractivity contribution in [3.05, 3.63) is 29.3 Å². The van der Waals surface area contributed by atoms with Crippen LogP contribution in [-0.4, -0.2) is 6.61 Å². The first-order valence-corrected chi connectivity index (χ1v) is 6.78. The number of benzene rings is 1. The molecule has 1 aromatic carbocycles. The average Bonchev–Trinajstić information content (AvgIpc) is 2.28. The normalized spacial score (nSPS) is 12.8. The molecule has 0 bridgehead atoms. The van der Waals surface area contributed by atoms with Crippen molar-refractivity contribution in [1.29, 1.82) is 0 Å². The lowest BCUT2D eigenvalue weighted by Crippen LogP contribution is -2.09. The highest BCUT2D eigenvalue weighted by molar-refractivity contribution is 5.37. The van der Waals surface area contributed by atoms with Crippen LogP contribution >= 0.6 is 0 Å². The van der Waals surface area contributed by atoms with Crippen molar-refractivity contribution >= 4 is 0 Å². The van der Waals surface area contributed by atoms with Crippen LogP contribution in [0.1, 0.15) is 57.6 Å². The van der Waals surface area contributed by atoms with Crippen molar-refractivity contribution in [3.8, 4) is 5.75 Å². The van der Waals surface area contributed by atoms with Crippen LogP contribution in [0.15, 0.2) is 18.2 Å². The molecule has 0 amide bonds. The zero-order chi connectivity index (χ0) is 12.8. The molecular formula is C16H26O. The smallest absolute Gasteiger partial charge is 0.122 e. The molecule has 1 aromatic rings. The molecule has 0 aliphatic carbocycles. The van der Waals surface area contributed by atoms with Crippen molar-refractivity contribution in [1.82, 2.24) is 0 Å². The zero-order valence-corrected chi connectivity index (χ0v) is 11.9. The number of aryl methyl sites for hydroxylation is 1. The molecule has 0 saturated heterocycles. The monoisotopic (exact) mass is 234 g/mol. The van der Waals surface area contributed by atoms with Crippen LogP contribution in [0.4, 0.5) is 0 Å². The van der Waals surface area contributed by atoms with E-state index < -0.39 is 0 Å². The minimum atomic E-state index is 0.561. The van der Waals surface area contributed by atoms with Crippen LogP contribution in [0.5, 0.6) is 5.75 Å². The minimum absolute atomic E-state index is 0.561. The Morgan fingerprint density at radius 3 is 2.47 bits per heavy atom. The molecule has 96 valence electrons. The first-order chi connectivity index (χ1) is 8.04. The molecule has 1 unspecified atom stereocenters. The van der Waals surface area contributed by atoms with Crippen LogP contribution in [0.25, 0.3) is 0 Å². The van der Waals surface area contributed by atoms with Gasteiger partial charge in [-0.05, 0) is 42.4 Å². The molecule has 0 aromatic heterocycles. The molecule has 1 atom stereocenters. The van der Waals surface area contributed by atoms with Gasteiger partial charge in [0.1, 0.15) is 5.75 Å². The SMILES string of the molecule is CCCC(C)COc1cc(C(C)C)ccc1C. The average molecular weight is 234 g/mol. The van der Waals surface area contributed by atoms with Crippen molar-refractivity contribution in [2.45, 2.75) is 53.4 Å². The van der Waals surface area contributed by atoms with Crippen molar-refractivity contribution < 1.29 is 4.74 Å². The van der Waals surface area contributed by atoms with Crippen LogP contribution < -0.4 is 4.74 Å². The fourth-order valence-electron chi connectivity index (χ4n) is 1.94. The van der Waals surface area contributed by atoms with E-state index in [1.54, 1.807) is 0 Å². The molecule has 0 saturated carbocycles. The standard InChI is InChI=1S/C16H26O/c1-6-7-13(4)11-17-16-10-15(12(2)3)9-8-14(16)5/h8-10,12-13H,6-7,11H2,1-5H3. The quantitative estimate of drug-likeness (QED) is 0.678. The van der Waals surface area contributed by atoms with Gasteiger partial charge in [-0.2, -0.15) is 0 Å². The summed E-state index contributed by atoms with van der Waals surface area (Å²) >= 11 is 0. The summed E-state index contributed by atoms with van der Waals surface area (Å²) in [4.78, 5) is 0. The van der Waals surface area contributed by atoms with Crippen LogP contribution in [0, 0.1) is 12.8 Å². The Labute approximate surface area is 106 Å². The Bertz CT molecular complexity index is 341. The largest absolute Gasteiger partial charge is 0.493 e. The summed E-state index contributed by atoms with van der Waals surface area (Å²) in [6.45, 7) is 11.9. The molecule has 0 N–H and O–H groups in total. The molecule has 17 heavy (non-hydrogen) atoms. The van der Waals surface area contributed by atoms with Crippen molar-refractivity contribution in [2.24, 2.45) is 5.92 Å². The highest BCUT2D eigenvalue weighted by atomic mass is 16.5. The first-order valence-electron chi connectivity index (χ1n) is 6.78. The highest BCUT2D eigenvalue weighted by Crippen LogP contribution is 2.24. The summed E-state index contributed by atoms with van der Waals surface area (Å²) in [5.41, 5.74) is 2.59. The lowest BCUT2D eigenvalue weighted by atomic mass is 10.0. The molecular weight excluding hydrogens is 208 g/mol. The van der Waals surface area contributed by atoms with E-state index >= 15 is 0 Å². The van der Waals surface area contributed by atoms with E-state index in [1.807, 2.05) is 0 Å². The van der Waals surface area contributed by atoms with Crippen LogP contribution in [0.2, 0.25) is 0 Å². The van der Waals surface area contributed by atoms with Gasteiger partial charge in [0.15, 0.2) is 0 Å². The highest BCUT2D eigenvalue weighted by Gasteiger charge is 2.07. The third kappa shape index (κ3) is 4.41. The topological polar surface area (TPSA) is 9.23 Å². The Balaban J connectivity index is 2.66. The Morgan fingerprint density at radius 1 is 1.18 bits per heavy atom. The maximum absolute atomic E-state index is 5.94. The Hall–Kier alpha value is -0.980. The summed E-state index contributed by atoms with van der Waals surface area (Å²) < 4.78 is 5.94. The second-order valence-corrected chi connectivity index (χ2v) is 5.38. The summed E-state index contributed by atoms with van der Waals surface area (Å²) in [5, 5.41) is 0. The third-order valence-corrected chi connectivity index (χ3v) is 3.18. The van der Waals surface area contributed by atoms with Gasteiger partial charge in [0.2, 0.25) is 0 Å². The molecule has 0 spiro atoms. The second kappa shape index (κ2) is 6.68. The number of ether oxygens (including phenoxy) is 1. The van der Waals surface area contributed by atoms with E-state index in [4.69, 9.17) is 4.74 Å². The van der Waals surface area contributed by atoms with Gasteiger partial charge >= 0.3 is 0 Å². The molecule has 0 fully saturated rings. The zero-order valence-electron chi connectivity index (χ0n) is 11.9. The van der Waals surface area contributed by atoms with Gasteiger partial charge in [-0.1, -0.05) is 46.2 Å². The predicted octanol–water partition coefficient (Wildman–Crippen LogP) is 4.93. The van der Waals surface area contributed by atoms with E-state index in [0.717, 1.165) is 12.4 Å². The van der Waals surface area contributed by atoms with E-state index in [-0.39, 0.29) is 0 Å². The number of hydrogen-bond donors (Lipinski definition) is 0. The van der Waals surface area contributed by atoms with E-state index in [1.165, 1.54) is 24.0 Å². The minimum Gasteiger partial charge on any atom is -0.493 e. The maximum atomic E-state index is 5.94. The summed E-state index contributed by atoms with van der Waals surface area (Å²) in [5.74, 6) is 2.26.